The highest BCUT2D eigenvalue weighted by Gasteiger charge is 2.33. The predicted molar refractivity (Wildman–Crippen MR) is 152 cm³/mol. The lowest BCUT2D eigenvalue weighted by Crippen LogP contribution is -2.53. The van der Waals surface area contributed by atoms with Crippen molar-refractivity contribution in [2.24, 2.45) is 0 Å². The van der Waals surface area contributed by atoms with E-state index in [9.17, 15) is 18.0 Å². The van der Waals surface area contributed by atoms with Gasteiger partial charge in [-0.05, 0) is 48.7 Å². The molecule has 0 fully saturated rings. The largest absolute Gasteiger partial charge is 0.497 e. The van der Waals surface area contributed by atoms with Crippen molar-refractivity contribution >= 4 is 21.8 Å². The molecule has 0 spiro atoms. The highest BCUT2D eigenvalue weighted by Crippen LogP contribution is 2.20. The van der Waals surface area contributed by atoms with Crippen molar-refractivity contribution in [3.8, 4) is 5.75 Å². The number of rotatable bonds is 13. The molecule has 208 valence electrons. The molecule has 8 nitrogen and oxygen atoms in total. The summed E-state index contributed by atoms with van der Waals surface area (Å²) < 4.78 is 32.9. The molecule has 9 heteroatoms. The first-order chi connectivity index (χ1) is 18.6. The summed E-state index contributed by atoms with van der Waals surface area (Å²) in [6.45, 7) is 3.97. The third-order valence-corrected chi connectivity index (χ3v) is 8.21. The van der Waals surface area contributed by atoms with Crippen LogP contribution in [-0.2, 0) is 32.6 Å². The molecule has 3 aromatic rings. The topological polar surface area (TPSA) is 96.0 Å². The van der Waals surface area contributed by atoms with Gasteiger partial charge in [0.15, 0.2) is 0 Å². The maximum Gasteiger partial charge on any atom is 0.243 e. The van der Waals surface area contributed by atoms with E-state index >= 15 is 0 Å². The van der Waals surface area contributed by atoms with E-state index < -0.39 is 28.5 Å². The van der Waals surface area contributed by atoms with Crippen molar-refractivity contribution < 1.29 is 22.7 Å². The molecule has 0 saturated heterocycles. The van der Waals surface area contributed by atoms with Gasteiger partial charge in [-0.25, -0.2) is 8.42 Å². The Kier molecular flexibility index (Phi) is 10.7. The van der Waals surface area contributed by atoms with Gasteiger partial charge in [0.05, 0.1) is 18.6 Å². The maximum atomic E-state index is 13.9. The van der Waals surface area contributed by atoms with E-state index in [4.69, 9.17) is 4.74 Å². The first-order valence-electron chi connectivity index (χ1n) is 12.9. The molecule has 0 saturated carbocycles. The Morgan fingerprint density at radius 1 is 0.949 bits per heavy atom. The van der Waals surface area contributed by atoms with Gasteiger partial charge in [-0.3, -0.25) is 9.59 Å². The molecular weight excluding hydrogens is 514 g/mol. The highest BCUT2D eigenvalue weighted by atomic mass is 32.2. The number of aryl methyl sites for hydroxylation is 1. The van der Waals surface area contributed by atoms with Crippen molar-refractivity contribution in [1.29, 1.82) is 0 Å². The molecule has 0 aliphatic carbocycles. The SMILES string of the molecule is CCCNC(=O)[C@@H](Cc1ccccc1)N(Cc1cccc(OC)c1)C(=O)CN(C)S(=O)(=O)c1ccc(C)cc1. The minimum Gasteiger partial charge on any atom is -0.497 e. The van der Waals surface area contributed by atoms with Crippen LogP contribution >= 0.6 is 0 Å². The standard InChI is InChI=1S/C30H37N3O5S/c1-5-18-31-30(35)28(20-24-10-7-6-8-11-24)33(21-25-12-9-13-26(19-25)38-4)29(34)22-32(3)39(36,37)27-16-14-23(2)15-17-27/h6-17,19,28H,5,18,20-22H2,1-4H3,(H,31,35)/t28-/m1/s1. The molecule has 0 heterocycles. The van der Waals surface area contributed by atoms with E-state index in [1.54, 1.807) is 31.4 Å². The van der Waals surface area contributed by atoms with Crippen LogP contribution in [0.25, 0.3) is 0 Å². The van der Waals surface area contributed by atoms with Gasteiger partial charge in [-0.15, -0.1) is 0 Å². The van der Waals surface area contributed by atoms with Gasteiger partial charge in [0, 0.05) is 26.6 Å². The van der Waals surface area contributed by atoms with Gasteiger partial charge in [0.2, 0.25) is 21.8 Å². The van der Waals surface area contributed by atoms with E-state index in [1.807, 2.05) is 56.3 Å². The molecule has 1 atom stereocenters. The Morgan fingerprint density at radius 3 is 2.26 bits per heavy atom. The summed E-state index contributed by atoms with van der Waals surface area (Å²) in [5.74, 6) is -0.154. The molecule has 3 aromatic carbocycles. The highest BCUT2D eigenvalue weighted by molar-refractivity contribution is 7.89. The summed E-state index contributed by atoms with van der Waals surface area (Å²) >= 11 is 0. The second-order valence-corrected chi connectivity index (χ2v) is 11.5. The molecule has 2 amide bonds. The average molecular weight is 552 g/mol. The van der Waals surface area contributed by atoms with E-state index in [0.717, 1.165) is 27.4 Å². The number of hydrogen-bond acceptors (Lipinski definition) is 5. The fraction of sp³-hybridized carbons (Fsp3) is 0.333. The van der Waals surface area contributed by atoms with E-state index in [1.165, 1.54) is 24.1 Å². The number of carbonyl (C=O) groups is 2. The van der Waals surface area contributed by atoms with Crippen LogP contribution in [0.2, 0.25) is 0 Å². The second kappa shape index (κ2) is 13.9. The fourth-order valence-electron chi connectivity index (χ4n) is 4.14. The molecule has 0 aromatic heterocycles. The summed E-state index contributed by atoms with van der Waals surface area (Å²) in [6, 6.07) is 22.3. The Morgan fingerprint density at radius 2 is 1.62 bits per heavy atom. The Bertz CT molecular complexity index is 1340. The number of carbonyl (C=O) groups excluding carboxylic acids is 2. The predicted octanol–water partition coefficient (Wildman–Crippen LogP) is 3.79. The van der Waals surface area contributed by atoms with E-state index in [2.05, 4.69) is 5.32 Å². The summed E-state index contributed by atoms with van der Waals surface area (Å²) in [5.41, 5.74) is 2.57. The number of likely N-dealkylation sites (N-methyl/N-ethyl adjacent to an activating group) is 1. The quantitative estimate of drug-likeness (QED) is 0.349. The molecule has 0 aliphatic rings. The zero-order valence-corrected chi connectivity index (χ0v) is 23.8. The van der Waals surface area contributed by atoms with Crippen LogP contribution in [-0.4, -0.2) is 62.7 Å². The number of amides is 2. The molecule has 0 bridgehead atoms. The first kappa shape index (κ1) is 29.9. The van der Waals surface area contributed by atoms with Gasteiger partial charge in [-0.1, -0.05) is 67.1 Å². The van der Waals surface area contributed by atoms with Crippen LogP contribution in [0.3, 0.4) is 0 Å². The second-order valence-electron chi connectivity index (χ2n) is 9.44. The summed E-state index contributed by atoms with van der Waals surface area (Å²) in [7, 11) is -0.988. The summed E-state index contributed by atoms with van der Waals surface area (Å²) in [4.78, 5) is 28.9. The van der Waals surface area contributed by atoms with Crippen molar-refractivity contribution in [1.82, 2.24) is 14.5 Å². The molecule has 1 N–H and O–H groups in total. The summed E-state index contributed by atoms with van der Waals surface area (Å²) in [6.07, 6.45) is 1.02. The minimum absolute atomic E-state index is 0.101. The monoisotopic (exact) mass is 551 g/mol. The smallest absolute Gasteiger partial charge is 0.243 e. The zero-order chi connectivity index (χ0) is 28.4. The number of methoxy groups -OCH3 is 1. The summed E-state index contributed by atoms with van der Waals surface area (Å²) in [5, 5.41) is 2.92. The fourth-order valence-corrected chi connectivity index (χ4v) is 5.26. The van der Waals surface area contributed by atoms with Crippen LogP contribution in [0.1, 0.15) is 30.0 Å². The van der Waals surface area contributed by atoms with Gasteiger partial charge in [0.25, 0.3) is 0 Å². The van der Waals surface area contributed by atoms with Crippen molar-refractivity contribution in [3.05, 3.63) is 95.6 Å². The number of hydrogen-bond donors (Lipinski definition) is 1. The van der Waals surface area contributed by atoms with Crippen molar-refractivity contribution in [2.45, 2.75) is 44.2 Å². The number of nitrogens with zero attached hydrogens (tertiary/aromatic N) is 2. The lowest BCUT2D eigenvalue weighted by Gasteiger charge is -2.32. The van der Waals surface area contributed by atoms with Gasteiger partial charge in [-0.2, -0.15) is 4.31 Å². The Balaban J connectivity index is 1.97. The first-order valence-corrected chi connectivity index (χ1v) is 14.4. The van der Waals surface area contributed by atoms with Crippen LogP contribution in [0.4, 0.5) is 0 Å². The molecule has 0 unspecified atom stereocenters. The molecule has 39 heavy (non-hydrogen) atoms. The van der Waals surface area contributed by atoms with Crippen LogP contribution < -0.4 is 10.1 Å². The Hall–Kier alpha value is -3.69. The van der Waals surface area contributed by atoms with E-state index in [-0.39, 0.29) is 23.8 Å². The third-order valence-electron chi connectivity index (χ3n) is 6.39. The lowest BCUT2D eigenvalue weighted by molar-refractivity contribution is -0.141. The molecule has 0 aliphatic heterocycles. The zero-order valence-electron chi connectivity index (χ0n) is 23.0. The van der Waals surface area contributed by atoms with E-state index in [0.29, 0.717) is 12.3 Å². The van der Waals surface area contributed by atoms with Crippen molar-refractivity contribution in [2.75, 3.05) is 27.2 Å². The molecule has 3 rings (SSSR count). The van der Waals surface area contributed by atoms with Crippen LogP contribution in [0.5, 0.6) is 5.75 Å². The Labute approximate surface area is 231 Å². The van der Waals surface area contributed by atoms with Gasteiger partial charge in [0.1, 0.15) is 11.8 Å². The lowest BCUT2D eigenvalue weighted by atomic mass is 10.0. The van der Waals surface area contributed by atoms with Gasteiger partial charge >= 0.3 is 0 Å². The minimum atomic E-state index is -3.92. The number of nitrogens with one attached hydrogen (secondary N) is 1. The maximum absolute atomic E-state index is 13.9. The third kappa shape index (κ3) is 8.15. The number of sulfonamides is 1. The van der Waals surface area contributed by atoms with Gasteiger partial charge < -0.3 is 15.0 Å². The number of benzene rings is 3. The number of ether oxygens (including phenoxy) is 1. The normalized spacial score (nSPS) is 12.1. The van der Waals surface area contributed by atoms with Crippen LogP contribution in [0, 0.1) is 6.92 Å². The average Bonchev–Trinajstić information content (AvgIpc) is 2.94. The molecular formula is C30H37N3O5S. The van der Waals surface area contributed by atoms with Crippen LogP contribution in [0.15, 0.2) is 83.8 Å². The molecule has 0 radical (unpaired) electrons. The van der Waals surface area contributed by atoms with Crippen molar-refractivity contribution in [3.63, 3.8) is 0 Å².